The number of hydrogen-bond acceptors (Lipinski definition) is 2. The zero-order valence-electron chi connectivity index (χ0n) is 12.4. The Morgan fingerprint density at radius 1 is 1.24 bits per heavy atom. The van der Waals surface area contributed by atoms with Crippen molar-refractivity contribution >= 4 is 5.57 Å². The molecule has 0 fully saturated rings. The minimum Gasteiger partial charge on any atom is -0.516 e. The molecule has 0 aromatic heterocycles. The molecule has 0 spiro atoms. The molecule has 0 atom stereocenters. The number of phenolic OH excluding ortho intramolecular Hbond substituents is 1. The second-order valence-corrected chi connectivity index (χ2v) is 4.78. The van der Waals surface area contributed by atoms with E-state index >= 15 is 0 Å². The summed E-state index contributed by atoms with van der Waals surface area (Å²) in [4.78, 5) is 0. The number of hydrogen-bond donors (Lipinski definition) is 2. The van der Waals surface area contributed by atoms with Gasteiger partial charge in [-0.15, -0.1) is 13.2 Å². The molecule has 0 radical (unpaired) electrons. The minimum absolute atomic E-state index is 0.266. The summed E-state index contributed by atoms with van der Waals surface area (Å²) in [7, 11) is 0. The second-order valence-electron chi connectivity index (χ2n) is 4.78. The fourth-order valence-electron chi connectivity index (χ4n) is 2.01. The van der Waals surface area contributed by atoms with Gasteiger partial charge in [-0.2, -0.15) is 0 Å². The lowest BCUT2D eigenvalue weighted by Gasteiger charge is -2.08. The summed E-state index contributed by atoms with van der Waals surface area (Å²) in [5.41, 5.74) is 3.94. The molecule has 1 rings (SSSR count). The highest BCUT2D eigenvalue weighted by Gasteiger charge is 2.04. The van der Waals surface area contributed by atoms with Gasteiger partial charge in [-0.25, -0.2) is 0 Å². The van der Waals surface area contributed by atoms with Crippen molar-refractivity contribution in [3.05, 3.63) is 84.7 Å². The lowest BCUT2D eigenvalue weighted by Crippen LogP contribution is -1.88. The van der Waals surface area contributed by atoms with Crippen LogP contribution in [0.25, 0.3) is 5.57 Å². The Morgan fingerprint density at radius 3 is 2.62 bits per heavy atom. The van der Waals surface area contributed by atoms with E-state index < -0.39 is 0 Å². The van der Waals surface area contributed by atoms with E-state index in [1.807, 2.05) is 37.3 Å². The Kier molecular flexibility index (Phi) is 6.82. The number of aliphatic hydroxyl groups is 1. The first-order valence-corrected chi connectivity index (χ1v) is 6.84. The Hall–Kier alpha value is -2.48. The molecule has 0 bridgehead atoms. The van der Waals surface area contributed by atoms with Crippen LogP contribution in [0.3, 0.4) is 0 Å². The molecule has 0 aliphatic rings. The van der Waals surface area contributed by atoms with E-state index in [1.165, 1.54) is 5.57 Å². The number of benzene rings is 1. The summed E-state index contributed by atoms with van der Waals surface area (Å²) in [6.45, 7) is 9.47. The molecule has 2 nitrogen and oxygen atoms in total. The third kappa shape index (κ3) is 5.19. The van der Waals surface area contributed by atoms with Gasteiger partial charge in [-0.05, 0) is 54.7 Å². The zero-order chi connectivity index (χ0) is 15.7. The first-order valence-electron chi connectivity index (χ1n) is 6.84. The Labute approximate surface area is 126 Å². The van der Waals surface area contributed by atoms with E-state index in [0.29, 0.717) is 6.42 Å². The molecular weight excluding hydrogens is 260 g/mol. The van der Waals surface area contributed by atoms with Crippen molar-refractivity contribution in [2.24, 2.45) is 0 Å². The third-order valence-electron chi connectivity index (χ3n) is 3.01. The van der Waals surface area contributed by atoms with Crippen LogP contribution in [-0.2, 0) is 6.42 Å². The maximum atomic E-state index is 9.84. The number of aliphatic hydroxyl groups excluding tert-OH is 1. The van der Waals surface area contributed by atoms with Crippen LogP contribution < -0.4 is 0 Å². The quantitative estimate of drug-likeness (QED) is 0.415. The van der Waals surface area contributed by atoms with Crippen LogP contribution in [0.15, 0.2) is 73.6 Å². The topological polar surface area (TPSA) is 40.5 Å². The fourth-order valence-corrected chi connectivity index (χ4v) is 2.01. The Bertz CT molecular complexity index is 590. The van der Waals surface area contributed by atoms with Crippen LogP contribution in [-0.4, -0.2) is 10.2 Å². The second kappa shape index (κ2) is 8.64. The van der Waals surface area contributed by atoms with E-state index in [-0.39, 0.29) is 5.75 Å². The number of phenols is 1. The summed E-state index contributed by atoms with van der Waals surface area (Å²) in [6.07, 6.45) is 11.5. The van der Waals surface area contributed by atoms with Crippen molar-refractivity contribution in [3.63, 3.8) is 0 Å². The van der Waals surface area contributed by atoms with E-state index in [1.54, 1.807) is 18.2 Å². The predicted molar refractivity (Wildman–Crippen MR) is 90.3 cm³/mol. The van der Waals surface area contributed by atoms with Crippen molar-refractivity contribution in [1.29, 1.82) is 0 Å². The van der Waals surface area contributed by atoms with Crippen LogP contribution in [0.4, 0.5) is 0 Å². The van der Waals surface area contributed by atoms with Crippen molar-refractivity contribution in [2.45, 2.75) is 19.8 Å². The summed E-state index contributed by atoms with van der Waals surface area (Å²) in [6, 6.07) is 5.48. The van der Waals surface area contributed by atoms with Crippen LogP contribution in [0.5, 0.6) is 5.75 Å². The van der Waals surface area contributed by atoms with Crippen molar-refractivity contribution in [3.8, 4) is 5.75 Å². The van der Waals surface area contributed by atoms with Crippen LogP contribution in [0, 0.1) is 0 Å². The summed E-state index contributed by atoms with van der Waals surface area (Å²) >= 11 is 0. The number of aromatic hydroxyl groups is 1. The highest BCUT2D eigenvalue weighted by atomic mass is 16.3. The molecule has 0 saturated heterocycles. The maximum absolute atomic E-state index is 9.84. The first kappa shape index (κ1) is 16.6. The van der Waals surface area contributed by atoms with Gasteiger partial charge in [-0.1, -0.05) is 35.9 Å². The molecule has 0 aliphatic heterocycles. The minimum atomic E-state index is 0.266. The molecule has 0 unspecified atom stereocenters. The summed E-state index contributed by atoms with van der Waals surface area (Å²) in [5.74, 6) is 0.266. The smallest absolute Gasteiger partial charge is 0.119 e. The van der Waals surface area contributed by atoms with Gasteiger partial charge in [-0.3, -0.25) is 0 Å². The highest BCUT2D eigenvalue weighted by Crippen LogP contribution is 2.26. The average molecular weight is 282 g/mol. The molecule has 1 aromatic rings. The molecule has 0 saturated carbocycles. The number of allylic oxidation sites excluding steroid dienone is 7. The lowest BCUT2D eigenvalue weighted by molar-refractivity contribution is 0.469. The van der Waals surface area contributed by atoms with Crippen LogP contribution in [0.1, 0.15) is 24.5 Å². The molecule has 1 aromatic carbocycles. The van der Waals surface area contributed by atoms with E-state index in [9.17, 15) is 5.11 Å². The van der Waals surface area contributed by atoms with E-state index in [0.717, 1.165) is 29.4 Å². The maximum Gasteiger partial charge on any atom is 0.119 e. The van der Waals surface area contributed by atoms with Crippen LogP contribution in [0.2, 0.25) is 0 Å². The molecule has 0 heterocycles. The third-order valence-corrected chi connectivity index (χ3v) is 3.01. The predicted octanol–water partition coefficient (Wildman–Crippen LogP) is 5.10. The molecule has 2 N–H and O–H groups in total. The van der Waals surface area contributed by atoms with Crippen molar-refractivity contribution in [1.82, 2.24) is 0 Å². The van der Waals surface area contributed by atoms with Gasteiger partial charge in [0.1, 0.15) is 5.75 Å². The normalized spacial score (nSPS) is 12.6. The van der Waals surface area contributed by atoms with Gasteiger partial charge in [0.15, 0.2) is 0 Å². The summed E-state index contributed by atoms with van der Waals surface area (Å²) < 4.78 is 0. The van der Waals surface area contributed by atoms with Crippen LogP contribution >= 0.6 is 0 Å². The summed E-state index contributed by atoms with van der Waals surface area (Å²) in [5, 5.41) is 18.7. The standard InChI is InChI=1S/C19H22O2/c1-4-7-15(3)13-16(9-6-12-20)17-10-11-19(21)18(14-17)8-5-2/h4-6,9-14,20-21H,1-2,7-8H2,3H3/b12-6+,15-13+,16-9+. The average Bonchev–Trinajstić information content (AvgIpc) is 2.46. The Balaban J connectivity index is 3.26. The first-order chi connectivity index (χ1) is 10.1. The highest BCUT2D eigenvalue weighted by molar-refractivity contribution is 5.76. The van der Waals surface area contributed by atoms with Gasteiger partial charge >= 0.3 is 0 Å². The van der Waals surface area contributed by atoms with Crippen molar-refractivity contribution < 1.29 is 10.2 Å². The fraction of sp³-hybridized carbons (Fsp3) is 0.158. The number of rotatable bonds is 7. The largest absolute Gasteiger partial charge is 0.516 e. The molecule has 0 amide bonds. The van der Waals surface area contributed by atoms with Gasteiger partial charge in [0, 0.05) is 0 Å². The zero-order valence-corrected chi connectivity index (χ0v) is 12.4. The lowest BCUT2D eigenvalue weighted by atomic mass is 9.98. The van der Waals surface area contributed by atoms with E-state index in [2.05, 4.69) is 13.2 Å². The molecule has 2 heteroatoms. The molecular formula is C19H22O2. The SMILES string of the molecule is C=CC/C(C)=C/C(=C\C=C\O)c1ccc(O)c(CC=C)c1. The molecule has 21 heavy (non-hydrogen) atoms. The monoisotopic (exact) mass is 282 g/mol. The van der Waals surface area contributed by atoms with Gasteiger partial charge in [0.05, 0.1) is 6.26 Å². The molecule has 0 aliphatic carbocycles. The van der Waals surface area contributed by atoms with Gasteiger partial charge in [0.2, 0.25) is 0 Å². The molecule has 110 valence electrons. The van der Waals surface area contributed by atoms with Gasteiger partial charge in [0.25, 0.3) is 0 Å². The Morgan fingerprint density at radius 2 is 2.00 bits per heavy atom. The van der Waals surface area contributed by atoms with Gasteiger partial charge < -0.3 is 10.2 Å². The van der Waals surface area contributed by atoms with E-state index in [4.69, 9.17) is 5.11 Å². The van der Waals surface area contributed by atoms with Crippen molar-refractivity contribution in [2.75, 3.05) is 0 Å².